The fourth-order valence-electron chi connectivity index (χ4n) is 2.49. The lowest BCUT2D eigenvalue weighted by Crippen LogP contribution is -2.22. The summed E-state index contributed by atoms with van der Waals surface area (Å²) in [5.74, 6) is -0.344. The van der Waals surface area contributed by atoms with Gasteiger partial charge < -0.3 is 10.6 Å². The Morgan fingerprint density at radius 3 is 2.62 bits per heavy atom. The third-order valence-electron chi connectivity index (χ3n) is 4.26. The Hall–Kier alpha value is -2.98. The number of carbonyl (C=O) groups is 1. The molecule has 0 aliphatic rings. The predicted octanol–water partition coefficient (Wildman–Crippen LogP) is 4.93. The minimum atomic E-state index is -0.524. The second-order valence-electron chi connectivity index (χ2n) is 6.27. The maximum atomic E-state index is 12.5. The molecule has 0 saturated carbocycles. The molecule has 1 amide bonds. The van der Waals surface area contributed by atoms with E-state index in [4.69, 9.17) is 0 Å². The molecule has 0 spiro atoms. The highest BCUT2D eigenvalue weighted by molar-refractivity contribution is 8.02. The Balaban J connectivity index is 1.64. The highest BCUT2D eigenvalue weighted by atomic mass is 32.2. The quantitative estimate of drug-likeness (QED) is 0.311. The molecular formula is C19H19N5O3S2. The Morgan fingerprint density at radius 1 is 1.14 bits per heavy atom. The Labute approximate surface area is 175 Å². The van der Waals surface area contributed by atoms with Crippen LogP contribution in [0.3, 0.4) is 0 Å². The minimum Gasteiger partial charge on any atom is -0.330 e. The molecule has 1 aromatic heterocycles. The summed E-state index contributed by atoms with van der Waals surface area (Å²) in [6.07, 6.45) is 0. The van der Waals surface area contributed by atoms with Gasteiger partial charge in [0, 0.05) is 11.8 Å². The second kappa shape index (κ2) is 9.01. The predicted molar refractivity (Wildman–Crippen MR) is 116 cm³/mol. The van der Waals surface area contributed by atoms with Gasteiger partial charge >= 0.3 is 0 Å². The first-order valence-electron chi connectivity index (χ1n) is 8.73. The molecule has 0 aliphatic heterocycles. The summed E-state index contributed by atoms with van der Waals surface area (Å²) in [6.45, 7) is 5.79. The van der Waals surface area contributed by atoms with Gasteiger partial charge in [0.2, 0.25) is 11.0 Å². The lowest BCUT2D eigenvalue weighted by molar-refractivity contribution is -0.383. The number of nitro groups is 1. The molecule has 0 saturated heterocycles. The first-order chi connectivity index (χ1) is 13.8. The molecule has 1 atom stereocenters. The molecule has 0 bridgehead atoms. The van der Waals surface area contributed by atoms with Gasteiger partial charge in [0.25, 0.3) is 5.69 Å². The number of hydrogen-bond donors (Lipinski definition) is 2. The molecule has 150 valence electrons. The van der Waals surface area contributed by atoms with E-state index in [0.717, 1.165) is 11.3 Å². The van der Waals surface area contributed by atoms with Gasteiger partial charge in [-0.2, -0.15) is 0 Å². The number of nitro benzene ring substituents is 1. The van der Waals surface area contributed by atoms with Crippen LogP contribution in [0.1, 0.15) is 18.1 Å². The number of aromatic nitrogens is 2. The number of hydrogen-bond acceptors (Lipinski definition) is 8. The van der Waals surface area contributed by atoms with Gasteiger partial charge in [0.05, 0.1) is 10.2 Å². The Kier molecular flexibility index (Phi) is 6.45. The highest BCUT2D eigenvalue weighted by Gasteiger charge is 2.21. The number of nitrogens with zero attached hydrogens (tertiary/aromatic N) is 3. The van der Waals surface area contributed by atoms with Gasteiger partial charge in [-0.05, 0) is 44.0 Å². The van der Waals surface area contributed by atoms with Crippen molar-refractivity contribution in [1.82, 2.24) is 10.2 Å². The second-order valence-corrected chi connectivity index (χ2v) is 8.83. The topological polar surface area (TPSA) is 110 Å². The maximum Gasteiger partial charge on any atom is 0.292 e. The third-order valence-corrected chi connectivity index (χ3v) is 6.28. The molecule has 10 heteroatoms. The molecule has 0 fully saturated rings. The number of nitrogens with one attached hydrogen (secondary N) is 2. The fraction of sp³-hybridized carbons (Fsp3) is 0.211. The molecule has 1 unspecified atom stereocenters. The number of carbonyl (C=O) groups excluding carboxylic acids is 1. The van der Waals surface area contributed by atoms with E-state index in [9.17, 15) is 14.9 Å². The average Bonchev–Trinajstić information content (AvgIpc) is 3.12. The summed E-state index contributed by atoms with van der Waals surface area (Å²) in [7, 11) is 0. The largest absolute Gasteiger partial charge is 0.330 e. The van der Waals surface area contributed by atoms with E-state index in [2.05, 4.69) is 20.8 Å². The summed E-state index contributed by atoms with van der Waals surface area (Å²) in [4.78, 5) is 23.0. The third kappa shape index (κ3) is 5.09. The first kappa shape index (κ1) is 20.7. The van der Waals surface area contributed by atoms with Gasteiger partial charge in [0.1, 0.15) is 5.69 Å². The fourth-order valence-corrected chi connectivity index (χ4v) is 4.40. The van der Waals surface area contributed by atoms with Crippen molar-refractivity contribution < 1.29 is 9.72 Å². The van der Waals surface area contributed by atoms with Crippen LogP contribution in [0.15, 0.2) is 46.8 Å². The van der Waals surface area contributed by atoms with Crippen LogP contribution < -0.4 is 10.6 Å². The van der Waals surface area contributed by atoms with Crippen LogP contribution in [0.25, 0.3) is 0 Å². The van der Waals surface area contributed by atoms with Crippen molar-refractivity contribution in [1.29, 1.82) is 0 Å². The smallest absolute Gasteiger partial charge is 0.292 e. The van der Waals surface area contributed by atoms with Gasteiger partial charge in [0.15, 0.2) is 4.34 Å². The molecule has 3 rings (SSSR count). The lowest BCUT2D eigenvalue weighted by atomic mass is 10.1. The number of amides is 1. The van der Waals surface area contributed by atoms with E-state index >= 15 is 0 Å². The van der Waals surface area contributed by atoms with Crippen molar-refractivity contribution in [3.05, 3.63) is 63.7 Å². The number of aryl methyl sites for hydroxylation is 1. The summed E-state index contributed by atoms with van der Waals surface area (Å²) in [6, 6.07) is 12.0. The first-order valence-corrected chi connectivity index (χ1v) is 10.4. The standard InChI is InChI=1S/C19H19N5O3S2/c1-11-7-6-9-14(12(11)2)21-18-22-23-19(29-18)28-13(3)17(25)20-15-8-4-5-10-16(15)24(26)27/h4-10,13H,1-3H3,(H,20,25)(H,21,22). The zero-order valence-corrected chi connectivity index (χ0v) is 17.6. The molecule has 2 aromatic carbocycles. The van der Waals surface area contributed by atoms with Gasteiger partial charge in [-0.15, -0.1) is 10.2 Å². The molecule has 8 nitrogen and oxygen atoms in total. The molecule has 0 radical (unpaired) electrons. The monoisotopic (exact) mass is 429 g/mol. The summed E-state index contributed by atoms with van der Waals surface area (Å²) < 4.78 is 0.628. The number of rotatable bonds is 7. The van der Waals surface area contributed by atoms with E-state index in [1.54, 1.807) is 19.1 Å². The average molecular weight is 430 g/mol. The van der Waals surface area contributed by atoms with Crippen molar-refractivity contribution in [2.24, 2.45) is 0 Å². The number of anilines is 3. The van der Waals surface area contributed by atoms with Gasteiger partial charge in [-0.3, -0.25) is 14.9 Å². The van der Waals surface area contributed by atoms with Crippen LogP contribution in [0.2, 0.25) is 0 Å². The van der Waals surface area contributed by atoms with Crippen molar-refractivity contribution in [2.75, 3.05) is 10.6 Å². The van der Waals surface area contributed by atoms with Gasteiger partial charge in [-0.1, -0.05) is 47.4 Å². The normalized spacial score (nSPS) is 11.7. The van der Waals surface area contributed by atoms with Crippen LogP contribution >= 0.6 is 23.1 Å². The zero-order valence-electron chi connectivity index (χ0n) is 16.0. The molecule has 0 aliphatic carbocycles. The summed E-state index contributed by atoms with van der Waals surface area (Å²) >= 11 is 2.59. The maximum absolute atomic E-state index is 12.5. The molecule has 2 N–H and O–H groups in total. The summed E-state index contributed by atoms with van der Waals surface area (Å²) in [5, 5.41) is 25.3. The van der Waals surface area contributed by atoms with Crippen LogP contribution in [0.5, 0.6) is 0 Å². The lowest BCUT2D eigenvalue weighted by Gasteiger charge is -2.10. The van der Waals surface area contributed by atoms with Crippen LogP contribution in [0.4, 0.5) is 22.2 Å². The molecule has 29 heavy (non-hydrogen) atoms. The number of para-hydroxylation sites is 2. The molecule has 1 heterocycles. The minimum absolute atomic E-state index is 0.144. The van der Waals surface area contributed by atoms with E-state index in [0.29, 0.717) is 9.47 Å². The number of benzene rings is 2. The highest BCUT2D eigenvalue weighted by Crippen LogP contribution is 2.32. The van der Waals surface area contributed by atoms with E-state index in [-0.39, 0.29) is 17.3 Å². The van der Waals surface area contributed by atoms with Crippen LogP contribution in [-0.4, -0.2) is 26.3 Å². The van der Waals surface area contributed by atoms with Gasteiger partial charge in [-0.25, -0.2) is 0 Å². The van der Waals surface area contributed by atoms with Crippen molar-refractivity contribution in [3.63, 3.8) is 0 Å². The molecular weight excluding hydrogens is 410 g/mol. The molecule has 3 aromatic rings. The van der Waals surface area contributed by atoms with E-state index in [1.165, 1.54) is 40.8 Å². The SMILES string of the molecule is Cc1cccc(Nc2nnc(SC(C)C(=O)Nc3ccccc3[N+](=O)[O-])s2)c1C. The van der Waals surface area contributed by atoms with E-state index < -0.39 is 10.2 Å². The number of thioether (sulfide) groups is 1. The van der Waals surface area contributed by atoms with E-state index in [1.807, 2.05) is 32.0 Å². The van der Waals surface area contributed by atoms with Crippen molar-refractivity contribution in [3.8, 4) is 0 Å². The van der Waals surface area contributed by atoms with Crippen molar-refractivity contribution >= 4 is 51.2 Å². The summed E-state index contributed by atoms with van der Waals surface area (Å²) in [5.41, 5.74) is 3.29. The van der Waals surface area contributed by atoms with Crippen LogP contribution in [0, 0.1) is 24.0 Å². The van der Waals surface area contributed by atoms with Crippen LogP contribution in [-0.2, 0) is 4.79 Å². The Bertz CT molecular complexity index is 1050. The Morgan fingerprint density at radius 2 is 1.86 bits per heavy atom. The zero-order chi connectivity index (χ0) is 21.0. The van der Waals surface area contributed by atoms with Crippen molar-refractivity contribution in [2.45, 2.75) is 30.4 Å².